The Labute approximate surface area is 109 Å². The molecule has 4 heteroatoms. The molecule has 0 atom stereocenters. The summed E-state index contributed by atoms with van der Waals surface area (Å²) < 4.78 is 0. The Bertz CT molecular complexity index is 525. The smallest absolute Gasteiger partial charge is 0.0669 e. The molecule has 0 aliphatic heterocycles. The molecule has 0 saturated heterocycles. The minimum atomic E-state index is 0.459. The Kier molecular flexibility index (Phi) is 4.03. The zero-order valence-corrected chi connectivity index (χ0v) is 10.7. The SMILES string of the molecule is N#CCc1ccc(NCc2cc(Cl)cs2)cc1. The van der Waals surface area contributed by atoms with Gasteiger partial charge in [-0.15, -0.1) is 11.3 Å². The summed E-state index contributed by atoms with van der Waals surface area (Å²) in [5.41, 5.74) is 2.09. The van der Waals surface area contributed by atoms with E-state index in [9.17, 15) is 0 Å². The third-order valence-electron chi connectivity index (χ3n) is 2.33. The summed E-state index contributed by atoms with van der Waals surface area (Å²) in [6.45, 7) is 0.773. The first-order valence-electron chi connectivity index (χ1n) is 5.20. The molecule has 2 nitrogen and oxygen atoms in total. The largest absolute Gasteiger partial charge is 0.380 e. The third kappa shape index (κ3) is 3.48. The predicted molar refractivity (Wildman–Crippen MR) is 72.4 cm³/mol. The number of hydrogen-bond acceptors (Lipinski definition) is 3. The van der Waals surface area contributed by atoms with Gasteiger partial charge in [0.1, 0.15) is 0 Å². The molecule has 1 N–H and O–H groups in total. The Morgan fingerprint density at radius 3 is 2.65 bits per heavy atom. The average Bonchev–Trinajstić information content (AvgIpc) is 2.75. The Hall–Kier alpha value is -1.50. The van der Waals surface area contributed by atoms with Crippen molar-refractivity contribution in [2.75, 3.05) is 5.32 Å². The van der Waals surface area contributed by atoms with Crippen LogP contribution in [-0.2, 0) is 13.0 Å². The van der Waals surface area contributed by atoms with Crippen molar-refractivity contribution >= 4 is 28.6 Å². The molecule has 0 fully saturated rings. The van der Waals surface area contributed by atoms with E-state index < -0.39 is 0 Å². The molecule has 1 aromatic heterocycles. The van der Waals surface area contributed by atoms with Crippen molar-refractivity contribution in [2.45, 2.75) is 13.0 Å². The van der Waals surface area contributed by atoms with Crippen molar-refractivity contribution < 1.29 is 0 Å². The molecule has 0 unspecified atom stereocenters. The minimum absolute atomic E-state index is 0.459. The van der Waals surface area contributed by atoms with Gasteiger partial charge in [-0.1, -0.05) is 23.7 Å². The highest BCUT2D eigenvalue weighted by Crippen LogP contribution is 2.20. The van der Waals surface area contributed by atoms with Crippen LogP contribution in [0.15, 0.2) is 35.7 Å². The maximum atomic E-state index is 8.57. The van der Waals surface area contributed by atoms with Crippen molar-refractivity contribution in [1.29, 1.82) is 5.26 Å². The third-order valence-corrected chi connectivity index (χ3v) is 3.61. The van der Waals surface area contributed by atoms with Crippen LogP contribution >= 0.6 is 22.9 Å². The van der Waals surface area contributed by atoms with Gasteiger partial charge in [0.05, 0.1) is 17.5 Å². The van der Waals surface area contributed by atoms with Crippen LogP contribution in [0, 0.1) is 11.3 Å². The van der Waals surface area contributed by atoms with Crippen LogP contribution in [0.4, 0.5) is 5.69 Å². The number of nitrogens with one attached hydrogen (secondary N) is 1. The van der Waals surface area contributed by atoms with Gasteiger partial charge >= 0.3 is 0 Å². The van der Waals surface area contributed by atoms with Crippen molar-refractivity contribution in [2.24, 2.45) is 0 Å². The molecule has 1 aromatic carbocycles. The number of nitriles is 1. The second-order valence-electron chi connectivity index (χ2n) is 3.62. The molecule has 0 amide bonds. The molecule has 0 spiro atoms. The van der Waals surface area contributed by atoms with Crippen molar-refractivity contribution in [3.05, 3.63) is 51.2 Å². The molecule has 0 aliphatic carbocycles. The summed E-state index contributed by atoms with van der Waals surface area (Å²) in [6.07, 6.45) is 0.459. The molecule has 86 valence electrons. The number of thiophene rings is 1. The van der Waals surface area contributed by atoms with Crippen LogP contribution in [-0.4, -0.2) is 0 Å². The Morgan fingerprint density at radius 1 is 1.29 bits per heavy atom. The zero-order chi connectivity index (χ0) is 12.1. The van der Waals surface area contributed by atoms with Gasteiger partial charge in [0.15, 0.2) is 0 Å². The number of anilines is 1. The maximum absolute atomic E-state index is 8.57. The van der Waals surface area contributed by atoms with Crippen LogP contribution in [0.25, 0.3) is 0 Å². The summed E-state index contributed by atoms with van der Waals surface area (Å²) in [4.78, 5) is 1.20. The van der Waals surface area contributed by atoms with Gasteiger partial charge in [-0.3, -0.25) is 0 Å². The average molecular weight is 263 g/mol. The molecular formula is C13H11ClN2S. The molecule has 17 heavy (non-hydrogen) atoms. The molecule has 0 bridgehead atoms. The fourth-order valence-corrected chi connectivity index (χ4v) is 2.48. The molecular weight excluding hydrogens is 252 g/mol. The van der Waals surface area contributed by atoms with E-state index in [4.69, 9.17) is 16.9 Å². The summed E-state index contributed by atoms with van der Waals surface area (Å²) in [7, 11) is 0. The monoisotopic (exact) mass is 262 g/mol. The zero-order valence-electron chi connectivity index (χ0n) is 9.11. The Balaban J connectivity index is 1.93. The lowest BCUT2D eigenvalue weighted by Crippen LogP contribution is -1.97. The van der Waals surface area contributed by atoms with Crippen molar-refractivity contribution in [3.8, 4) is 6.07 Å². The van der Waals surface area contributed by atoms with E-state index in [1.54, 1.807) is 11.3 Å². The second kappa shape index (κ2) is 5.72. The molecule has 0 saturated carbocycles. The molecule has 0 radical (unpaired) electrons. The summed E-state index contributed by atoms with van der Waals surface area (Å²) in [6, 6.07) is 12.0. The van der Waals surface area contributed by atoms with Gasteiger partial charge < -0.3 is 5.32 Å². The van der Waals surface area contributed by atoms with Gasteiger partial charge in [-0.05, 0) is 23.8 Å². The van der Waals surface area contributed by atoms with E-state index in [0.29, 0.717) is 6.42 Å². The first kappa shape index (κ1) is 12.0. The number of rotatable bonds is 4. The second-order valence-corrected chi connectivity index (χ2v) is 5.05. The van der Waals surface area contributed by atoms with E-state index in [1.807, 2.05) is 35.7 Å². The van der Waals surface area contributed by atoms with E-state index in [0.717, 1.165) is 22.8 Å². The molecule has 1 heterocycles. The normalized spacial score (nSPS) is 9.88. The molecule has 0 aliphatic rings. The van der Waals surface area contributed by atoms with E-state index in [1.165, 1.54) is 4.88 Å². The molecule has 2 rings (SSSR count). The van der Waals surface area contributed by atoms with Gasteiger partial charge in [0.2, 0.25) is 0 Å². The van der Waals surface area contributed by atoms with Crippen molar-refractivity contribution in [1.82, 2.24) is 0 Å². The lowest BCUT2D eigenvalue weighted by molar-refractivity contribution is 1.18. The van der Waals surface area contributed by atoms with Crippen LogP contribution < -0.4 is 5.32 Å². The number of nitrogens with zero attached hydrogens (tertiary/aromatic N) is 1. The minimum Gasteiger partial charge on any atom is -0.380 e. The summed E-state index contributed by atoms with van der Waals surface area (Å²) >= 11 is 7.49. The van der Waals surface area contributed by atoms with Crippen LogP contribution in [0.3, 0.4) is 0 Å². The standard InChI is InChI=1S/C13H11ClN2S/c14-11-7-13(17-9-11)8-16-12-3-1-10(2-4-12)5-6-15/h1-4,7,9,16H,5,8H2. The van der Waals surface area contributed by atoms with Crippen LogP contribution in [0.1, 0.15) is 10.4 Å². The van der Waals surface area contributed by atoms with Gasteiger partial charge in [0, 0.05) is 22.5 Å². The number of benzene rings is 1. The van der Waals surface area contributed by atoms with Crippen molar-refractivity contribution in [3.63, 3.8) is 0 Å². The highest BCUT2D eigenvalue weighted by molar-refractivity contribution is 7.10. The highest BCUT2D eigenvalue weighted by atomic mass is 35.5. The van der Waals surface area contributed by atoms with Crippen LogP contribution in [0.2, 0.25) is 5.02 Å². The van der Waals surface area contributed by atoms with Gasteiger partial charge in [-0.2, -0.15) is 5.26 Å². The topological polar surface area (TPSA) is 35.8 Å². The summed E-state index contributed by atoms with van der Waals surface area (Å²) in [5, 5.41) is 14.6. The van der Waals surface area contributed by atoms with E-state index in [-0.39, 0.29) is 0 Å². The fraction of sp³-hybridized carbons (Fsp3) is 0.154. The quantitative estimate of drug-likeness (QED) is 0.901. The lowest BCUT2D eigenvalue weighted by Gasteiger charge is -2.05. The first-order chi connectivity index (χ1) is 8.28. The maximum Gasteiger partial charge on any atom is 0.0669 e. The van der Waals surface area contributed by atoms with Gasteiger partial charge in [-0.25, -0.2) is 0 Å². The van der Waals surface area contributed by atoms with E-state index in [2.05, 4.69) is 11.4 Å². The fourth-order valence-electron chi connectivity index (χ4n) is 1.47. The number of hydrogen-bond donors (Lipinski definition) is 1. The highest BCUT2D eigenvalue weighted by Gasteiger charge is 1.98. The number of halogens is 1. The van der Waals surface area contributed by atoms with Crippen LogP contribution in [0.5, 0.6) is 0 Å². The van der Waals surface area contributed by atoms with E-state index >= 15 is 0 Å². The first-order valence-corrected chi connectivity index (χ1v) is 6.46. The summed E-state index contributed by atoms with van der Waals surface area (Å²) in [5.74, 6) is 0. The Morgan fingerprint density at radius 2 is 2.06 bits per heavy atom. The molecule has 2 aromatic rings. The predicted octanol–water partition coefficient (Wildman–Crippen LogP) is 4.08. The van der Waals surface area contributed by atoms with Gasteiger partial charge in [0.25, 0.3) is 0 Å². The lowest BCUT2D eigenvalue weighted by atomic mass is 10.1.